The number of aromatic amines is 1. The lowest BCUT2D eigenvalue weighted by Gasteiger charge is -2.01. The highest BCUT2D eigenvalue weighted by atomic mass is 35.5. The van der Waals surface area contributed by atoms with E-state index in [4.69, 9.17) is 11.6 Å². The van der Waals surface area contributed by atoms with Gasteiger partial charge in [-0.2, -0.15) is 5.10 Å². The number of nitrogens with one attached hydrogen (secondary N) is 2. The fourth-order valence-corrected chi connectivity index (χ4v) is 2.35. The summed E-state index contributed by atoms with van der Waals surface area (Å²) < 4.78 is 0. The zero-order valence-corrected chi connectivity index (χ0v) is 12.1. The summed E-state index contributed by atoms with van der Waals surface area (Å²) in [5.41, 5.74) is 1.44. The average Bonchev–Trinajstić information content (AvgIpc) is 2.77. The van der Waals surface area contributed by atoms with Crippen molar-refractivity contribution in [1.82, 2.24) is 4.98 Å². The molecule has 0 bridgehead atoms. The van der Waals surface area contributed by atoms with Crippen molar-refractivity contribution in [3.8, 4) is 0 Å². The van der Waals surface area contributed by atoms with Crippen LogP contribution in [0.1, 0.15) is 4.88 Å². The molecule has 0 unspecified atom stereocenters. The molecule has 0 atom stereocenters. The second-order valence-corrected chi connectivity index (χ2v) is 5.17. The lowest BCUT2D eigenvalue weighted by Crippen LogP contribution is -1.98. The van der Waals surface area contributed by atoms with Crippen molar-refractivity contribution < 1.29 is 9.85 Å². The third-order valence-electron chi connectivity index (χ3n) is 2.39. The second kappa shape index (κ2) is 6.32. The van der Waals surface area contributed by atoms with Crippen LogP contribution in [0.25, 0.3) is 0 Å². The molecule has 22 heavy (non-hydrogen) atoms. The number of thiazole rings is 1. The maximum absolute atomic E-state index is 11.0. The van der Waals surface area contributed by atoms with Gasteiger partial charge in [0.1, 0.15) is 10.8 Å². The predicted octanol–water partition coefficient (Wildman–Crippen LogP) is 2.35. The van der Waals surface area contributed by atoms with Crippen LogP contribution in [0.5, 0.6) is 0 Å². The smallest absolute Gasteiger partial charge is 0.303 e. The summed E-state index contributed by atoms with van der Waals surface area (Å²) in [7, 11) is 0. The largest absolute Gasteiger partial charge is 0.306 e. The Morgan fingerprint density at radius 3 is 2.59 bits per heavy atom. The van der Waals surface area contributed by atoms with E-state index in [2.05, 4.69) is 15.5 Å². The van der Waals surface area contributed by atoms with Crippen LogP contribution < -0.4 is 10.3 Å². The first kappa shape index (κ1) is 15.6. The van der Waals surface area contributed by atoms with Gasteiger partial charge in [0, 0.05) is 6.07 Å². The first-order valence-electron chi connectivity index (χ1n) is 5.49. The molecule has 2 aromatic rings. The molecule has 12 heteroatoms. The molecule has 10 nitrogen and oxygen atoms in total. The number of hydrogen-bond acceptors (Lipinski definition) is 8. The summed E-state index contributed by atoms with van der Waals surface area (Å²) in [4.78, 5) is 33.3. The average molecular weight is 344 g/mol. The molecule has 0 amide bonds. The highest BCUT2D eigenvalue weighted by Gasteiger charge is 2.19. The summed E-state index contributed by atoms with van der Waals surface area (Å²) in [6.07, 6.45) is 1.20. The van der Waals surface area contributed by atoms with E-state index in [1.54, 1.807) is 0 Å². The van der Waals surface area contributed by atoms with Crippen molar-refractivity contribution in [2.24, 2.45) is 5.10 Å². The van der Waals surface area contributed by atoms with Gasteiger partial charge >= 0.3 is 10.6 Å². The topological polar surface area (TPSA) is 144 Å². The number of hydrogen-bond donors (Lipinski definition) is 2. The summed E-state index contributed by atoms with van der Waals surface area (Å²) >= 11 is 6.53. The van der Waals surface area contributed by atoms with Gasteiger partial charge in [-0.25, -0.2) is 0 Å². The Hall–Kier alpha value is -2.79. The number of nitrogens with zero attached hydrogens (tertiary/aromatic N) is 3. The van der Waals surface area contributed by atoms with Gasteiger partial charge in [0.15, 0.2) is 0 Å². The third-order valence-corrected chi connectivity index (χ3v) is 3.61. The highest BCUT2D eigenvalue weighted by molar-refractivity contribution is 7.11. The molecule has 1 aromatic carbocycles. The lowest BCUT2D eigenvalue weighted by atomic mass is 10.2. The monoisotopic (exact) mass is 343 g/mol. The summed E-state index contributed by atoms with van der Waals surface area (Å²) in [6.45, 7) is 0. The van der Waals surface area contributed by atoms with Crippen molar-refractivity contribution in [3.63, 3.8) is 0 Å². The SMILES string of the molecule is O=c1[nH]c(Cl)c(C=NNc2ccc([N+](=O)[O-])cc2[N+](=O)[O-])s1. The molecule has 1 aromatic heterocycles. The van der Waals surface area contributed by atoms with Gasteiger partial charge in [0.2, 0.25) is 0 Å². The predicted molar refractivity (Wildman–Crippen MR) is 80.9 cm³/mol. The molecular formula is C10H6ClN5O5S. The first-order valence-corrected chi connectivity index (χ1v) is 6.68. The van der Waals surface area contributed by atoms with Crippen molar-refractivity contribution in [2.45, 2.75) is 0 Å². The van der Waals surface area contributed by atoms with E-state index in [-0.39, 0.29) is 15.7 Å². The van der Waals surface area contributed by atoms with Gasteiger partial charge in [0.05, 0.1) is 27.0 Å². The Balaban J connectivity index is 2.26. The Labute approximate surface area is 130 Å². The molecular weight excluding hydrogens is 338 g/mol. The molecule has 2 N–H and O–H groups in total. The summed E-state index contributed by atoms with van der Waals surface area (Å²) in [6, 6.07) is 3.08. The number of benzene rings is 1. The standard InChI is InChI=1S/C10H6ClN5O5S/c11-9-8(22-10(17)13-9)4-12-14-6-2-1-5(15(18)19)3-7(6)16(20)21/h1-4,14H,(H,13,17). The number of nitro groups is 2. The van der Waals surface area contributed by atoms with E-state index < -0.39 is 21.2 Å². The van der Waals surface area contributed by atoms with Gasteiger partial charge in [-0.15, -0.1) is 0 Å². The minimum atomic E-state index is -0.771. The zero-order valence-electron chi connectivity index (χ0n) is 10.5. The van der Waals surface area contributed by atoms with E-state index in [1.165, 1.54) is 6.21 Å². The normalized spacial score (nSPS) is 10.8. The van der Waals surface area contributed by atoms with Gasteiger partial charge in [0.25, 0.3) is 5.69 Å². The molecule has 0 spiro atoms. The molecule has 1 heterocycles. The summed E-state index contributed by atoms with van der Waals surface area (Å²) in [5.74, 6) is 0. The Bertz CT molecular complexity index is 829. The zero-order chi connectivity index (χ0) is 16.3. The molecule has 0 fully saturated rings. The summed E-state index contributed by atoms with van der Waals surface area (Å²) in [5, 5.41) is 25.3. The van der Waals surface area contributed by atoms with Crippen molar-refractivity contribution in [1.29, 1.82) is 0 Å². The van der Waals surface area contributed by atoms with Crippen LogP contribution in [0.4, 0.5) is 17.1 Å². The molecule has 2 rings (SSSR count). The van der Waals surface area contributed by atoms with Crippen molar-refractivity contribution >= 4 is 46.2 Å². The number of aromatic nitrogens is 1. The van der Waals surface area contributed by atoms with Gasteiger partial charge in [-0.1, -0.05) is 22.9 Å². The molecule has 0 saturated heterocycles. The minimum absolute atomic E-state index is 0.0362. The van der Waals surface area contributed by atoms with E-state index in [9.17, 15) is 25.0 Å². The van der Waals surface area contributed by atoms with Crippen LogP contribution >= 0.6 is 22.9 Å². The van der Waals surface area contributed by atoms with Crippen LogP contribution in [0.3, 0.4) is 0 Å². The van der Waals surface area contributed by atoms with E-state index in [0.29, 0.717) is 4.88 Å². The number of hydrazone groups is 1. The van der Waals surface area contributed by atoms with Gasteiger partial charge in [-0.05, 0) is 6.07 Å². The van der Waals surface area contributed by atoms with Crippen LogP contribution in [-0.2, 0) is 0 Å². The van der Waals surface area contributed by atoms with E-state index >= 15 is 0 Å². The maximum Gasteiger partial charge on any atom is 0.306 e. The number of non-ortho nitro benzene ring substituents is 1. The lowest BCUT2D eigenvalue weighted by molar-refractivity contribution is -0.393. The Morgan fingerprint density at radius 2 is 2.05 bits per heavy atom. The Morgan fingerprint density at radius 1 is 1.32 bits per heavy atom. The van der Waals surface area contributed by atoms with Crippen LogP contribution in [0, 0.1) is 20.2 Å². The molecule has 0 radical (unpaired) electrons. The second-order valence-electron chi connectivity index (χ2n) is 3.78. The first-order chi connectivity index (χ1) is 10.4. The van der Waals surface area contributed by atoms with Crippen LogP contribution in [0.15, 0.2) is 28.1 Å². The Kier molecular flexibility index (Phi) is 4.48. The number of rotatable bonds is 5. The van der Waals surface area contributed by atoms with E-state index in [1.807, 2.05) is 0 Å². The fraction of sp³-hybridized carbons (Fsp3) is 0. The maximum atomic E-state index is 11.0. The quantitative estimate of drug-likeness (QED) is 0.484. The number of nitro benzene ring substituents is 2. The van der Waals surface area contributed by atoms with Crippen molar-refractivity contribution in [3.05, 3.63) is 58.1 Å². The van der Waals surface area contributed by atoms with Gasteiger partial charge in [-0.3, -0.25) is 30.4 Å². The molecule has 0 saturated carbocycles. The molecule has 0 aliphatic heterocycles. The number of H-pyrrole nitrogens is 1. The molecule has 114 valence electrons. The van der Waals surface area contributed by atoms with Crippen LogP contribution in [-0.4, -0.2) is 21.0 Å². The fourth-order valence-electron chi connectivity index (χ4n) is 1.44. The van der Waals surface area contributed by atoms with Crippen LogP contribution in [0.2, 0.25) is 5.15 Å². The van der Waals surface area contributed by atoms with E-state index in [0.717, 1.165) is 29.5 Å². The minimum Gasteiger partial charge on any atom is -0.303 e. The number of anilines is 1. The third kappa shape index (κ3) is 3.45. The highest BCUT2D eigenvalue weighted by Crippen LogP contribution is 2.28. The van der Waals surface area contributed by atoms with Crippen molar-refractivity contribution in [2.75, 3.05) is 5.43 Å². The van der Waals surface area contributed by atoms with Gasteiger partial charge < -0.3 is 4.98 Å². The molecule has 0 aliphatic rings. The molecule has 0 aliphatic carbocycles. The number of halogens is 1.